The van der Waals surface area contributed by atoms with Crippen LogP contribution in [0.25, 0.3) is 10.9 Å². The molecule has 15 nitrogen and oxygen atoms in total. The average Bonchev–Trinajstić information content (AvgIpc) is 3.37. The number of benzene rings is 2. The Morgan fingerprint density at radius 1 is 1.00 bits per heavy atom. The van der Waals surface area contributed by atoms with Crippen molar-refractivity contribution in [1.29, 1.82) is 0 Å². The summed E-state index contributed by atoms with van der Waals surface area (Å²) in [6.45, 7) is 1.14. The summed E-state index contributed by atoms with van der Waals surface area (Å²) in [4.78, 5) is 60.8. The lowest BCUT2D eigenvalue weighted by Gasteiger charge is -2.29. The quantitative estimate of drug-likeness (QED) is 0.0992. The van der Waals surface area contributed by atoms with E-state index in [1.807, 2.05) is 24.3 Å². The number of hydrogen-bond donors (Lipinski definition) is 4. The second-order valence-electron chi connectivity index (χ2n) is 10.1. The van der Waals surface area contributed by atoms with Gasteiger partial charge in [-0.1, -0.05) is 18.2 Å². The molecule has 2 aromatic carbocycles. The Morgan fingerprint density at radius 2 is 1.78 bits per heavy atom. The van der Waals surface area contributed by atoms with E-state index in [1.165, 1.54) is 11.2 Å². The third-order valence-corrected chi connectivity index (χ3v) is 7.19. The normalized spacial score (nSPS) is 16.1. The van der Waals surface area contributed by atoms with Crippen molar-refractivity contribution in [3.8, 4) is 5.75 Å². The molecule has 0 bridgehead atoms. The lowest BCUT2D eigenvalue weighted by Crippen LogP contribution is -2.52. The minimum atomic E-state index is -0.805. The van der Waals surface area contributed by atoms with E-state index >= 15 is 0 Å². The van der Waals surface area contributed by atoms with E-state index in [4.69, 9.17) is 24.1 Å². The molecule has 1 aromatic heterocycles. The number of para-hydroxylation sites is 1. The molecule has 4 N–H and O–H groups in total. The molecule has 0 saturated carbocycles. The number of nitrogens with zero attached hydrogens (tertiary/aromatic N) is 3. The van der Waals surface area contributed by atoms with Crippen molar-refractivity contribution in [2.24, 2.45) is 0 Å². The number of rotatable bonds is 16. The van der Waals surface area contributed by atoms with Gasteiger partial charge in [-0.25, -0.2) is 9.97 Å². The van der Waals surface area contributed by atoms with Gasteiger partial charge in [0, 0.05) is 24.9 Å². The molecule has 238 valence electrons. The van der Waals surface area contributed by atoms with Gasteiger partial charge in [-0.2, -0.15) is 0 Å². The van der Waals surface area contributed by atoms with Crippen LogP contribution in [0.2, 0.25) is 0 Å². The number of imide groups is 1. The van der Waals surface area contributed by atoms with E-state index in [1.54, 1.807) is 12.1 Å². The number of aliphatic hydroxyl groups excluding tert-OH is 1. The molecule has 1 fully saturated rings. The number of carbonyl (C=O) groups excluding carboxylic acids is 4. The highest BCUT2D eigenvalue weighted by molar-refractivity contribution is 6.07. The first-order chi connectivity index (χ1) is 22.0. The molecule has 3 aromatic rings. The van der Waals surface area contributed by atoms with Gasteiger partial charge in [-0.15, -0.1) is 0 Å². The molecule has 15 heteroatoms. The number of carbonyl (C=O) groups is 4. The zero-order valence-electron chi connectivity index (χ0n) is 24.5. The molecule has 45 heavy (non-hydrogen) atoms. The SMILES string of the molecule is O=C(COc1c(Nc2ncnc3ccccc23)ccc2c1C(=O)N(C1CCC(=O)NC1=O)C2)NCCOCCOCCOCO. The van der Waals surface area contributed by atoms with E-state index < -0.39 is 30.4 Å². The third kappa shape index (κ3) is 7.88. The Balaban J connectivity index is 1.27. The number of amides is 4. The van der Waals surface area contributed by atoms with E-state index in [0.29, 0.717) is 42.4 Å². The van der Waals surface area contributed by atoms with Gasteiger partial charge in [0.2, 0.25) is 11.8 Å². The van der Waals surface area contributed by atoms with Gasteiger partial charge in [0.25, 0.3) is 11.8 Å². The maximum absolute atomic E-state index is 13.8. The number of fused-ring (bicyclic) bond motifs is 2. The maximum Gasteiger partial charge on any atom is 0.259 e. The standard InChI is InChI=1S/C30H34N6O9/c37-18-44-14-13-43-12-11-42-10-9-31-25(39)16-45-27-22(34-28-20-3-1-2-4-21(20)32-17-33-28)6-5-19-15-36(30(41)26(19)27)23-7-8-24(38)35-29(23)40/h1-6,17,23,37H,7-16,18H2,(H,31,39)(H,32,33,34)(H,35,38,40). The molecule has 1 atom stereocenters. The van der Waals surface area contributed by atoms with Crippen LogP contribution in [0.1, 0.15) is 28.8 Å². The van der Waals surface area contributed by atoms with Gasteiger partial charge < -0.3 is 39.6 Å². The molecule has 1 unspecified atom stereocenters. The fourth-order valence-electron chi connectivity index (χ4n) is 5.06. The molecule has 0 spiro atoms. The molecule has 3 heterocycles. The van der Waals surface area contributed by atoms with Gasteiger partial charge in [0.1, 0.15) is 25.0 Å². The molecular weight excluding hydrogens is 588 g/mol. The fraction of sp³-hybridized carbons (Fsp3) is 0.400. The van der Waals surface area contributed by atoms with E-state index in [9.17, 15) is 19.2 Å². The van der Waals surface area contributed by atoms with Gasteiger partial charge >= 0.3 is 0 Å². The summed E-state index contributed by atoms with van der Waals surface area (Å²) in [5.74, 6) is -1.15. The number of hydrogen-bond acceptors (Lipinski definition) is 12. The minimum absolute atomic E-state index is 0.129. The summed E-state index contributed by atoms with van der Waals surface area (Å²) in [7, 11) is 0. The van der Waals surface area contributed by atoms with Crippen molar-refractivity contribution >= 4 is 46.0 Å². The first-order valence-corrected chi connectivity index (χ1v) is 14.5. The topological polar surface area (TPSA) is 191 Å². The summed E-state index contributed by atoms with van der Waals surface area (Å²) < 4.78 is 21.5. The van der Waals surface area contributed by atoms with Gasteiger partial charge in [-0.05, 0) is 30.2 Å². The van der Waals surface area contributed by atoms with E-state index in [2.05, 4.69) is 25.9 Å². The number of piperidine rings is 1. The van der Waals surface area contributed by atoms with Crippen LogP contribution in [0.3, 0.4) is 0 Å². The Morgan fingerprint density at radius 3 is 2.58 bits per heavy atom. The second-order valence-corrected chi connectivity index (χ2v) is 10.1. The molecule has 1 saturated heterocycles. The molecule has 0 radical (unpaired) electrons. The Labute approximate surface area is 258 Å². The first-order valence-electron chi connectivity index (χ1n) is 14.5. The summed E-state index contributed by atoms with van der Waals surface area (Å²) in [6.07, 6.45) is 1.76. The van der Waals surface area contributed by atoms with Crippen LogP contribution in [0.4, 0.5) is 11.5 Å². The first kappa shape index (κ1) is 31.7. The Hall–Kier alpha value is -4.70. The van der Waals surface area contributed by atoms with Crippen molar-refractivity contribution in [3.05, 3.63) is 53.9 Å². The minimum Gasteiger partial charge on any atom is -0.481 e. The molecular formula is C30H34N6O9. The molecule has 2 aliphatic heterocycles. The average molecular weight is 623 g/mol. The predicted molar refractivity (Wildman–Crippen MR) is 158 cm³/mol. The van der Waals surface area contributed by atoms with Crippen LogP contribution in [0.15, 0.2) is 42.7 Å². The van der Waals surface area contributed by atoms with Crippen molar-refractivity contribution in [1.82, 2.24) is 25.5 Å². The van der Waals surface area contributed by atoms with Crippen LogP contribution >= 0.6 is 0 Å². The van der Waals surface area contributed by atoms with Gasteiger partial charge in [0.15, 0.2) is 12.4 Å². The summed E-state index contributed by atoms with van der Waals surface area (Å²) in [5, 5.41) is 17.5. The third-order valence-electron chi connectivity index (χ3n) is 7.19. The van der Waals surface area contributed by atoms with Crippen LogP contribution < -0.4 is 20.7 Å². The second kappa shape index (κ2) is 15.3. The molecule has 2 aliphatic rings. The van der Waals surface area contributed by atoms with E-state index in [0.717, 1.165) is 5.39 Å². The smallest absolute Gasteiger partial charge is 0.259 e. The maximum atomic E-state index is 13.8. The van der Waals surface area contributed by atoms with Crippen LogP contribution in [0, 0.1) is 0 Å². The van der Waals surface area contributed by atoms with Crippen molar-refractivity contribution in [2.75, 3.05) is 58.3 Å². The molecule has 4 amide bonds. The lowest BCUT2D eigenvalue weighted by atomic mass is 10.0. The Bertz CT molecular complexity index is 1550. The molecule has 5 rings (SSSR count). The molecule has 0 aliphatic carbocycles. The zero-order chi connectivity index (χ0) is 31.6. The number of aliphatic hydroxyl groups is 1. The Kier molecular flexibility index (Phi) is 10.8. The van der Waals surface area contributed by atoms with Crippen molar-refractivity contribution < 1.29 is 43.2 Å². The van der Waals surface area contributed by atoms with Gasteiger partial charge in [0.05, 0.1) is 49.8 Å². The zero-order valence-corrected chi connectivity index (χ0v) is 24.5. The highest BCUT2D eigenvalue weighted by Crippen LogP contribution is 2.40. The lowest BCUT2D eigenvalue weighted by molar-refractivity contribution is -0.137. The fourth-order valence-corrected chi connectivity index (χ4v) is 5.06. The number of nitrogens with one attached hydrogen (secondary N) is 3. The number of anilines is 2. The number of ether oxygens (including phenoxy) is 4. The highest BCUT2D eigenvalue weighted by Gasteiger charge is 2.41. The summed E-state index contributed by atoms with van der Waals surface area (Å²) in [6, 6.07) is 10.1. The van der Waals surface area contributed by atoms with E-state index in [-0.39, 0.29) is 63.2 Å². The van der Waals surface area contributed by atoms with Gasteiger partial charge in [-0.3, -0.25) is 24.5 Å². The monoisotopic (exact) mass is 622 g/mol. The largest absolute Gasteiger partial charge is 0.481 e. The summed E-state index contributed by atoms with van der Waals surface area (Å²) in [5.41, 5.74) is 1.96. The van der Waals surface area contributed by atoms with Crippen LogP contribution in [-0.4, -0.2) is 103 Å². The summed E-state index contributed by atoms with van der Waals surface area (Å²) >= 11 is 0. The predicted octanol–water partition coefficient (Wildman–Crippen LogP) is 0.629. The van der Waals surface area contributed by atoms with Crippen LogP contribution in [-0.2, 0) is 35.1 Å². The highest BCUT2D eigenvalue weighted by atomic mass is 16.6. The number of aromatic nitrogens is 2. The van der Waals surface area contributed by atoms with Crippen molar-refractivity contribution in [2.45, 2.75) is 25.4 Å². The van der Waals surface area contributed by atoms with Crippen molar-refractivity contribution in [3.63, 3.8) is 0 Å². The van der Waals surface area contributed by atoms with Crippen LogP contribution in [0.5, 0.6) is 5.75 Å².